The van der Waals surface area contributed by atoms with Gasteiger partial charge in [-0.25, -0.2) is 4.98 Å². The minimum atomic E-state index is -4.38. The molecule has 3 rings (SSSR count). The van der Waals surface area contributed by atoms with Crippen molar-refractivity contribution >= 4 is 11.4 Å². The molecule has 0 radical (unpaired) electrons. The number of rotatable bonds is 4. The molecule has 2 N–H and O–H groups in total. The van der Waals surface area contributed by atoms with Crippen molar-refractivity contribution in [3.05, 3.63) is 59.9 Å². The van der Waals surface area contributed by atoms with E-state index in [-0.39, 0.29) is 5.92 Å². The summed E-state index contributed by atoms with van der Waals surface area (Å²) in [5.41, 5.74) is 6.66. The SMILES string of the molecule is CC(Cc1nc(-c2ccc(C(F)(F)F)cc2)n2ccccc12)C(N)=O. The molecule has 0 aliphatic heterocycles. The molecule has 2 aromatic heterocycles. The van der Waals surface area contributed by atoms with Crippen LogP contribution in [0, 0.1) is 5.92 Å². The molecule has 0 fully saturated rings. The highest BCUT2D eigenvalue weighted by molar-refractivity contribution is 5.77. The highest BCUT2D eigenvalue weighted by Crippen LogP contribution is 2.31. The van der Waals surface area contributed by atoms with Crippen LogP contribution in [0.2, 0.25) is 0 Å². The van der Waals surface area contributed by atoms with Gasteiger partial charge < -0.3 is 5.73 Å². The van der Waals surface area contributed by atoms with Gasteiger partial charge in [0.2, 0.25) is 5.91 Å². The molecular weight excluding hydrogens is 331 g/mol. The molecule has 0 spiro atoms. The maximum atomic E-state index is 12.7. The number of imidazole rings is 1. The second kappa shape index (κ2) is 6.23. The average molecular weight is 347 g/mol. The van der Waals surface area contributed by atoms with Crippen LogP contribution in [0.3, 0.4) is 0 Å². The van der Waals surface area contributed by atoms with E-state index in [1.807, 2.05) is 18.2 Å². The number of amides is 1. The third-order valence-electron chi connectivity index (χ3n) is 4.08. The number of halogens is 3. The number of carbonyl (C=O) groups excluding carboxylic acids is 1. The number of pyridine rings is 1. The maximum Gasteiger partial charge on any atom is 0.416 e. The summed E-state index contributed by atoms with van der Waals surface area (Å²) in [6, 6.07) is 10.4. The monoisotopic (exact) mass is 347 g/mol. The number of alkyl halides is 3. The van der Waals surface area contributed by atoms with E-state index in [4.69, 9.17) is 5.73 Å². The second-order valence-corrected chi connectivity index (χ2v) is 5.92. The highest BCUT2D eigenvalue weighted by Gasteiger charge is 2.30. The largest absolute Gasteiger partial charge is 0.416 e. The van der Waals surface area contributed by atoms with Gasteiger partial charge in [0, 0.05) is 24.1 Å². The quantitative estimate of drug-likeness (QED) is 0.782. The minimum Gasteiger partial charge on any atom is -0.369 e. The molecule has 0 saturated carbocycles. The van der Waals surface area contributed by atoms with Crippen molar-refractivity contribution in [1.29, 1.82) is 0 Å². The van der Waals surface area contributed by atoms with Gasteiger partial charge in [0.25, 0.3) is 0 Å². The van der Waals surface area contributed by atoms with Gasteiger partial charge in [-0.1, -0.05) is 25.1 Å². The normalized spacial score (nSPS) is 13.1. The number of hydrogen-bond donors (Lipinski definition) is 1. The number of benzene rings is 1. The van der Waals surface area contributed by atoms with Crippen LogP contribution in [0.4, 0.5) is 13.2 Å². The Hall–Kier alpha value is -2.83. The smallest absolute Gasteiger partial charge is 0.369 e. The van der Waals surface area contributed by atoms with Crippen LogP contribution < -0.4 is 5.73 Å². The Balaban J connectivity index is 2.06. The fraction of sp³-hybridized carbons (Fsp3) is 0.222. The van der Waals surface area contributed by atoms with Gasteiger partial charge in [-0.15, -0.1) is 0 Å². The lowest BCUT2D eigenvalue weighted by Crippen LogP contribution is -2.22. The molecule has 1 atom stereocenters. The summed E-state index contributed by atoms with van der Waals surface area (Å²) in [6.45, 7) is 1.72. The molecule has 0 saturated heterocycles. The van der Waals surface area contributed by atoms with Crippen LogP contribution in [-0.4, -0.2) is 15.3 Å². The van der Waals surface area contributed by atoms with Crippen LogP contribution in [0.15, 0.2) is 48.7 Å². The zero-order valence-corrected chi connectivity index (χ0v) is 13.4. The molecule has 1 aromatic carbocycles. The van der Waals surface area contributed by atoms with Crippen molar-refractivity contribution in [3.63, 3.8) is 0 Å². The molecule has 1 amide bonds. The van der Waals surface area contributed by atoms with Crippen molar-refractivity contribution in [2.24, 2.45) is 11.7 Å². The molecule has 25 heavy (non-hydrogen) atoms. The molecular formula is C18H16F3N3O. The van der Waals surface area contributed by atoms with E-state index in [0.717, 1.165) is 17.6 Å². The number of fused-ring (bicyclic) bond motifs is 1. The van der Waals surface area contributed by atoms with Gasteiger partial charge in [-0.05, 0) is 24.3 Å². The van der Waals surface area contributed by atoms with Crippen LogP contribution in [0.1, 0.15) is 18.2 Å². The zero-order chi connectivity index (χ0) is 18.2. The van der Waals surface area contributed by atoms with Gasteiger partial charge >= 0.3 is 6.18 Å². The van der Waals surface area contributed by atoms with Crippen LogP contribution >= 0.6 is 0 Å². The van der Waals surface area contributed by atoms with Crippen molar-refractivity contribution in [3.8, 4) is 11.4 Å². The lowest BCUT2D eigenvalue weighted by molar-refractivity contribution is -0.137. The van der Waals surface area contributed by atoms with Crippen LogP contribution in [-0.2, 0) is 17.4 Å². The number of nitrogens with zero attached hydrogens (tertiary/aromatic N) is 2. The molecule has 130 valence electrons. The molecule has 0 aliphatic rings. The first-order chi connectivity index (χ1) is 11.8. The Morgan fingerprint density at radius 2 is 1.88 bits per heavy atom. The third-order valence-corrected chi connectivity index (χ3v) is 4.08. The summed E-state index contributed by atoms with van der Waals surface area (Å²) in [6.07, 6.45) is -2.23. The van der Waals surface area contributed by atoms with Gasteiger partial charge in [0.1, 0.15) is 5.82 Å². The lowest BCUT2D eigenvalue weighted by Gasteiger charge is -2.07. The van der Waals surface area contributed by atoms with Crippen molar-refractivity contribution in [1.82, 2.24) is 9.38 Å². The van der Waals surface area contributed by atoms with E-state index in [1.165, 1.54) is 12.1 Å². The van der Waals surface area contributed by atoms with Gasteiger partial charge in [0.05, 0.1) is 16.8 Å². The van der Waals surface area contributed by atoms with E-state index < -0.39 is 17.6 Å². The minimum absolute atomic E-state index is 0.365. The summed E-state index contributed by atoms with van der Waals surface area (Å²) in [7, 11) is 0. The fourth-order valence-corrected chi connectivity index (χ4v) is 2.65. The van der Waals surface area contributed by atoms with E-state index in [2.05, 4.69) is 4.98 Å². The average Bonchev–Trinajstić information content (AvgIpc) is 2.93. The third kappa shape index (κ3) is 3.35. The standard InChI is InChI=1S/C18H16F3N3O/c1-11(16(22)25)10-14-15-4-2-3-9-24(15)17(23-14)12-5-7-13(8-6-12)18(19,20)21/h2-9,11H,10H2,1H3,(H2,22,25). The van der Waals surface area contributed by atoms with Crippen LogP contribution in [0.25, 0.3) is 16.9 Å². The lowest BCUT2D eigenvalue weighted by atomic mass is 10.0. The van der Waals surface area contributed by atoms with Gasteiger partial charge in [0.15, 0.2) is 0 Å². The molecule has 1 unspecified atom stereocenters. The Bertz CT molecular complexity index is 913. The topological polar surface area (TPSA) is 60.4 Å². The Labute approximate surface area is 142 Å². The molecule has 0 bridgehead atoms. The molecule has 0 aliphatic carbocycles. The van der Waals surface area contributed by atoms with E-state index in [9.17, 15) is 18.0 Å². The summed E-state index contributed by atoms with van der Waals surface area (Å²) in [5.74, 6) is -0.288. The van der Waals surface area contributed by atoms with Crippen molar-refractivity contribution in [2.75, 3.05) is 0 Å². The molecule has 3 aromatic rings. The predicted molar refractivity (Wildman–Crippen MR) is 87.7 cm³/mol. The number of aromatic nitrogens is 2. The van der Waals surface area contributed by atoms with Gasteiger partial charge in [-0.2, -0.15) is 13.2 Å². The Morgan fingerprint density at radius 1 is 1.20 bits per heavy atom. The maximum absolute atomic E-state index is 12.7. The number of nitrogens with two attached hydrogens (primary N) is 1. The first-order valence-corrected chi connectivity index (χ1v) is 7.70. The summed E-state index contributed by atoms with van der Waals surface area (Å²) >= 11 is 0. The van der Waals surface area contributed by atoms with E-state index in [1.54, 1.807) is 17.5 Å². The van der Waals surface area contributed by atoms with Crippen LogP contribution in [0.5, 0.6) is 0 Å². The molecule has 4 nitrogen and oxygen atoms in total. The second-order valence-electron chi connectivity index (χ2n) is 5.92. The first-order valence-electron chi connectivity index (χ1n) is 7.70. The highest BCUT2D eigenvalue weighted by atomic mass is 19.4. The van der Waals surface area contributed by atoms with Crippen molar-refractivity contribution in [2.45, 2.75) is 19.5 Å². The summed E-state index contributed by atoms with van der Waals surface area (Å²) < 4.78 is 40.0. The zero-order valence-electron chi connectivity index (χ0n) is 13.4. The Morgan fingerprint density at radius 3 is 2.48 bits per heavy atom. The summed E-state index contributed by atoms with van der Waals surface area (Å²) in [5, 5.41) is 0. The van der Waals surface area contributed by atoms with E-state index in [0.29, 0.717) is 23.5 Å². The molecule has 7 heteroatoms. The first kappa shape index (κ1) is 17.0. The number of carbonyl (C=O) groups is 1. The summed E-state index contributed by atoms with van der Waals surface area (Å²) in [4.78, 5) is 15.9. The predicted octanol–water partition coefficient (Wildman–Crippen LogP) is 3.68. The Kier molecular flexibility index (Phi) is 4.24. The number of hydrogen-bond acceptors (Lipinski definition) is 2. The van der Waals surface area contributed by atoms with E-state index >= 15 is 0 Å². The van der Waals surface area contributed by atoms with Gasteiger partial charge in [-0.3, -0.25) is 9.20 Å². The molecule has 2 heterocycles. The fourth-order valence-electron chi connectivity index (χ4n) is 2.65. The number of primary amides is 1. The van der Waals surface area contributed by atoms with Crippen molar-refractivity contribution < 1.29 is 18.0 Å².